The summed E-state index contributed by atoms with van der Waals surface area (Å²) in [6.45, 7) is 5.28. The van der Waals surface area contributed by atoms with Gasteiger partial charge in [0.05, 0.1) is 5.69 Å². The normalized spacial score (nSPS) is 16.4. The van der Waals surface area contributed by atoms with Crippen molar-refractivity contribution >= 4 is 5.95 Å². The zero-order chi connectivity index (χ0) is 9.97. The SMILES string of the molecule is CCN1CCc2nc(NN)ncc2C1. The zero-order valence-corrected chi connectivity index (χ0v) is 8.32. The molecule has 0 amide bonds. The van der Waals surface area contributed by atoms with Crippen LogP contribution in [0.15, 0.2) is 6.20 Å². The lowest BCUT2D eigenvalue weighted by atomic mass is 10.1. The Morgan fingerprint density at radius 3 is 3.21 bits per heavy atom. The monoisotopic (exact) mass is 193 g/mol. The number of hydrogen-bond acceptors (Lipinski definition) is 5. The van der Waals surface area contributed by atoms with Gasteiger partial charge >= 0.3 is 0 Å². The van der Waals surface area contributed by atoms with E-state index in [0.717, 1.165) is 31.7 Å². The first-order valence-electron chi connectivity index (χ1n) is 4.87. The second kappa shape index (κ2) is 3.89. The van der Waals surface area contributed by atoms with E-state index in [0.29, 0.717) is 5.95 Å². The number of hydrogen-bond donors (Lipinski definition) is 2. The number of likely N-dealkylation sites (N-methyl/N-ethyl adjacent to an activating group) is 1. The average Bonchev–Trinajstić information content (AvgIpc) is 2.27. The van der Waals surface area contributed by atoms with E-state index >= 15 is 0 Å². The van der Waals surface area contributed by atoms with Crippen LogP contribution < -0.4 is 11.3 Å². The van der Waals surface area contributed by atoms with Crippen LogP contribution in [-0.2, 0) is 13.0 Å². The fourth-order valence-electron chi connectivity index (χ4n) is 1.71. The number of fused-ring (bicyclic) bond motifs is 1. The predicted molar refractivity (Wildman–Crippen MR) is 54.5 cm³/mol. The van der Waals surface area contributed by atoms with E-state index in [1.54, 1.807) is 0 Å². The number of rotatable bonds is 2. The van der Waals surface area contributed by atoms with Crippen LogP contribution in [0.3, 0.4) is 0 Å². The lowest BCUT2D eigenvalue weighted by Crippen LogP contribution is -2.31. The molecule has 2 rings (SSSR count). The maximum atomic E-state index is 5.25. The minimum absolute atomic E-state index is 0.508. The molecule has 0 saturated carbocycles. The van der Waals surface area contributed by atoms with Gasteiger partial charge in [0, 0.05) is 31.3 Å². The molecule has 0 atom stereocenters. The van der Waals surface area contributed by atoms with Crippen LogP contribution in [0.1, 0.15) is 18.2 Å². The van der Waals surface area contributed by atoms with Crippen molar-refractivity contribution < 1.29 is 0 Å². The van der Waals surface area contributed by atoms with Crippen molar-refractivity contribution in [1.29, 1.82) is 0 Å². The molecule has 3 N–H and O–H groups in total. The second-order valence-electron chi connectivity index (χ2n) is 3.43. The van der Waals surface area contributed by atoms with E-state index in [9.17, 15) is 0 Å². The highest BCUT2D eigenvalue weighted by Gasteiger charge is 2.16. The van der Waals surface area contributed by atoms with E-state index in [-0.39, 0.29) is 0 Å². The second-order valence-corrected chi connectivity index (χ2v) is 3.43. The first kappa shape index (κ1) is 9.36. The Morgan fingerprint density at radius 2 is 2.50 bits per heavy atom. The maximum absolute atomic E-state index is 5.25. The lowest BCUT2D eigenvalue weighted by molar-refractivity contribution is 0.265. The van der Waals surface area contributed by atoms with E-state index in [2.05, 4.69) is 27.2 Å². The van der Waals surface area contributed by atoms with Gasteiger partial charge in [-0.15, -0.1) is 0 Å². The summed E-state index contributed by atoms with van der Waals surface area (Å²) in [5.41, 5.74) is 4.81. The van der Waals surface area contributed by atoms with Crippen LogP contribution in [0.25, 0.3) is 0 Å². The molecule has 0 saturated heterocycles. The Morgan fingerprint density at radius 1 is 1.64 bits per heavy atom. The predicted octanol–water partition coefficient (Wildman–Crippen LogP) is 0.140. The van der Waals surface area contributed by atoms with Crippen LogP contribution in [0.5, 0.6) is 0 Å². The molecule has 2 heterocycles. The van der Waals surface area contributed by atoms with E-state index in [1.165, 1.54) is 5.56 Å². The quantitative estimate of drug-likeness (QED) is 0.516. The number of aromatic nitrogens is 2. The Bertz CT molecular complexity index is 325. The zero-order valence-electron chi connectivity index (χ0n) is 8.32. The van der Waals surface area contributed by atoms with Crippen molar-refractivity contribution in [2.75, 3.05) is 18.5 Å². The fraction of sp³-hybridized carbons (Fsp3) is 0.556. The molecular formula is C9H15N5. The molecule has 0 bridgehead atoms. The number of nitrogens with one attached hydrogen (secondary N) is 1. The molecule has 0 aromatic carbocycles. The molecule has 76 valence electrons. The highest BCUT2D eigenvalue weighted by atomic mass is 15.3. The molecule has 0 fully saturated rings. The topological polar surface area (TPSA) is 67.1 Å². The minimum Gasteiger partial charge on any atom is -0.299 e. The third-order valence-electron chi connectivity index (χ3n) is 2.59. The number of nitrogens with zero attached hydrogens (tertiary/aromatic N) is 3. The number of anilines is 1. The minimum atomic E-state index is 0.508. The van der Waals surface area contributed by atoms with Gasteiger partial charge in [0.15, 0.2) is 0 Å². The number of nitrogens with two attached hydrogens (primary N) is 1. The van der Waals surface area contributed by atoms with Gasteiger partial charge in [-0.05, 0) is 6.54 Å². The summed E-state index contributed by atoms with van der Waals surface area (Å²) in [4.78, 5) is 10.8. The van der Waals surface area contributed by atoms with Gasteiger partial charge in [-0.3, -0.25) is 10.3 Å². The molecule has 5 nitrogen and oxygen atoms in total. The average molecular weight is 193 g/mol. The Kier molecular flexibility index (Phi) is 2.60. The number of hydrazine groups is 1. The fourth-order valence-corrected chi connectivity index (χ4v) is 1.71. The number of nitrogen functional groups attached to an aromatic ring is 1. The summed E-state index contributed by atoms with van der Waals surface area (Å²) in [6, 6.07) is 0. The third-order valence-corrected chi connectivity index (χ3v) is 2.59. The smallest absolute Gasteiger partial charge is 0.237 e. The third kappa shape index (κ3) is 1.69. The molecule has 0 unspecified atom stereocenters. The van der Waals surface area contributed by atoms with Crippen molar-refractivity contribution in [1.82, 2.24) is 14.9 Å². The summed E-state index contributed by atoms with van der Waals surface area (Å²) in [5.74, 6) is 5.76. The molecule has 0 aliphatic carbocycles. The van der Waals surface area contributed by atoms with Crippen LogP contribution >= 0.6 is 0 Å². The van der Waals surface area contributed by atoms with Crippen molar-refractivity contribution in [2.24, 2.45) is 5.84 Å². The van der Waals surface area contributed by atoms with Gasteiger partial charge < -0.3 is 0 Å². The molecule has 1 aliphatic rings. The largest absolute Gasteiger partial charge is 0.299 e. The van der Waals surface area contributed by atoms with Crippen LogP contribution in [0.4, 0.5) is 5.95 Å². The first-order valence-corrected chi connectivity index (χ1v) is 4.87. The van der Waals surface area contributed by atoms with Crippen molar-refractivity contribution in [3.8, 4) is 0 Å². The molecule has 0 spiro atoms. The Balaban J connectivity index is 2.23. The summed E-state index contributed by atoms with van der Waals surface area (Å²) < 4.78 is 0. The van der Waals surface area contributed by atoms with Gasteiger partial charge in [-0.25, -0.2) is 15.8 Å². The molecule has 5 heteroatoms. The first-order chi connectivity index (χ1) is 6.83. The summed E-state index contributed by atoms with van der Waals surface area (Å²) >= 11 is 0. The van der Waals surface area contributed by atoms with Crippen molar-refractivity contribution in [3.63, 3.8) is 0 Å². The summed E-state index contributed by atoms with van der Waals surface area (Å²) in [6.07, 6.45) is 2.85. The molecule has 1 aromatic rings. The van der Waals surface area contributed by atoms with Gasteiger partial charge in [-0.2, -0.15) is 0 Å². The Labute approximate surface area is 83.3 Å². The maximum Gasteiger partial charge on any atom is 0.237 e. The summed E-state index contributed by atoms with van der Waals surface area (Å²) in [5, 5.41) is 0. The van der Waals surface area contributed by atoms with Gasteiger partial charge in [0.25, 0.3) is 0 Å². The molecule has 1 aliphatic heterocycles. The van der Waals surface area contributed by atoms with Crippen LogP contribution in [0, 0.1) is 0 Å². The highest BCUT2D eigenvalue weighted by Crippen LogP contribution is 2.16. The van der Waals surface area contributed by atoms with Crippen molar-refractivity contribution in [2.45, 2.75) is 19.9 Å². The standard InChI is InChI=1S/C9H15N5/c1-2-14-4-3-8-7(6-14)5-11-9(12-8)13-10/h5H,2-4,6,10H2,1H3,(H,11,12,13). The molecular weight excluding hydrogens is 178 g/mol. The van der Waals surface area contributed by atoms with Crippen LogP contribution in [-0.4, -0.2) is 28.0 Å². The lowest BCUT2D eigenvalue weighted by Gasteiger charge is -2.26. The van der Waals surface area contributed by atoms with Gasteiger partial charge in [-0.1, -0.05) is 6.92 Å². The van der Waals surface area contributed by atoms with E-state index in [4.69, 9.17) is 5.84 Å². The molecule has 0 radical (unpaired) electrons. The van der Waals surface area contributed by atoms with Gasteiger partial charge in [0.2, 0.25) is 5.95 Å². The highest BCUT2D eigenvalue weighted by molar-refractivity contribution is 5.29. The van der Waals surface area contributed by atoms with Gasteiger partial charge in [0.1, 0.15) is 0 Å². The van der Waals surface area contributed by atoms with Crippen LogP contribution in [0.2, 0.25) is 0 Å². The molecule has 1 aromatic heterocycles. The Hall–Kier alpha value is -1.20. The molecule has 14 heavy (non-hydrogen) atoms. The van der Waals surface area contributed by atoms with E-state index in [1.807, 2.05) is 6.20 Å². The van der Waals surface area contributed by atoms with E-state index < -0.39 is 0 Å². The van der Waals surface area contributed by atoms with Crippen molar-refractivity contribution in [3.05, 3.63) is 17.5 Å². The summed E-state index contributed by atoms with van der Waals surface area (Å²) in [7, 11) is 0.